The van der Waals surface area contributed by atoms with Gasteiger partial charge in [-0.2, -0.15) is 0 Å². The number of carboxylic acids is 1. The zero-order chi connectivity index (χ0) is 12.0. The van der Waals surface area contributed by atoms with Gasteiger partial charge < -0.3 is 10.4 Å². The van der Waals surface area contributed by atoms with Crippen LogP contribution in [0.4, 0.5) is 0 Å². The number of aliphatic carboxylic acids is 1. The molecule has 1 aliphatic carbocycles. The average molecular weight is 231 g/mol. The lowest BCUT2D eigenvalue weighted by Crippen LogP contribution is -2.26. The number of rotatable bonds is 2. The van der Waals surface area contributed by atoms with Gasteiger partial charge in [-0.05, 0) is 18.4 Å². The van der Waals surface area contributed by atoms with Crippen LogP contribution in [-0.2, 0) is 9.59 Å². The molecule has 3 rings (SSSR count). The summed E-state index contributed by atoms with van der Waals surface area (Å²) in [5, 5.41) is 12.2. The number of nitrogens with one attached hydrogen (secondary N) is 1. The zero-order valence-electron chi connectivity index (χ0n) is 9.22. The molecule has 1 aliphatic heterocycles. The second-order valence-electron chi connectivity index (χ2n) is 4.83. The molecule has 1 spiro atoms. The molecule has 2 fully saturated rings. The van der Waals surface area contributed by atoms with Crippen LogP contribution < -0.4 is 5.32 Å². The van der Waals surface area contributed by atoms with Gasteiger partial charge in [-0.25, -0.2) is 0 Å². The third-order valence-electron chi connectivity index (χ3n) is 3.88. The molecule has 0 radical (unpaired) electrons. The van der Waals surface area contributed by atoms with Gasteiger partial charge in [0.1, 0.15) is 0 Å². The molecule has 0 bridgehead atoms. The van der Waals surface area contributed by atoms with Crippen molar-refractivity contribution in [3.8, 4) is 0 Å². The van der Waals surface area contributed by atoms with E-state index in [4.69, 9.17) is 0 Å². The number of benzene rings is 1. The summed E-state index contributed by atoms with van der Waals surface area (Å²) in [6.45, 7) is 0. The molecule has 1 aromatic carbocycles. The summed E-state index contributed by atoms with van der Waals surface area (Å²) in [6.07, 6.45) is 1.39. The number of carbonyl (C=O) groups is 2. The van der Waals surface area contributed by atoms with E-state index in [2.05, 4.69) is 5.32 Å². The highest BCUT2D eigenvalue weighted by Crippen LogP contribution is 2.59. The molecular formula is C13H13NO3. The van der Waals surface area contributed by atoms with Crippen LogP contribution >= 0.6 is 0 Å². The topological polar surface area (TPSA) is 66.4 Å². The molecule has 4 nitrogen and oxygen atoms in total. The van der Waals surface area contributed by atoms with Crippen molar-refractivity contribution in [1.29, 1.82) is 0 Å². The molecule has 2 N–H and O–H groups in total. The second-order valence-corrected chi connectivity index (χ2v) is 4.83. The Balaban J connectivity index is 2.01. The van der Waals surface area contributed by atoms with Crippen LogP contribution in [0.15, 0.2) is 30.3 Å². The number of carboxylic acid groups (broad SMARTS) is 1. The molecule has 88 valence electrons. The van der Waals surface area contributed by atoms with E-state index >= 15 is 0 Å². The Hall–Kier alpha value is -1.84. The first-order valence-corrected chi connectivity index (χ1v) is 5.74. The molecule has 1 saturated carbocycles. The van der Waals surface area contributed by atoms with Crippen LogP contribution in [0.5, 0.6) is 0 Å². The second kappa shape index (κ2) is 3.32. The van der Waals surface area contributed by atoms with E-state index in [0.29, 0.717) is 12.8 Å². The van der Waals surface area contributed by atoms with Gasteiger partial charge in [-0.1, -0.05) is 30.3 Å². The number of hydrogen-bond donors (Lipinski definition) is 2. The van der Waals surface area contributed by atoms with Crippen LogP contribution in [0.3, 0.4) is 0 Å². The van der Waals surface area contributed by atoms with Gasteiger partial charge in [0.05, 0.1) is 17.4 Å². The van der Waals surface area contributed by atoms with E-state index in [9.17, 15) is 14.7 Å². The highest BCUT2D eigenvalue weighted by Gasteiger charge is 2.65. The van der Waals surface area contributed by atoms with Crippen LogP contribution in [0.25, 0.3) is 0 Å². The summed E-state index contributed by atoms with van der Waals surface area (Å²) >= 11 is 0. The highest BCUT2D eigenvalue weighted by molar-refractivity contribution is 5.95. The minimum Gasteiger partial charge on any atom is -0.481 e. The summed E-state index contributed by atoms with van der Waals surface area (Å²) < 4.78 is 0. The van der Waals surface area contributed by atoms with Gasteiger partial charge in [0, 0.05) is 0 Å². The number of hydrogen-bond acceptors (Lipinski definition) is 2. The van der Waals surface area contributed by atoms with Crippen molar-refractivity contribution in [1.82, 2.24) is 5.32 Å². The fraction of sp³-hybridized carbons (Fsp3) is 0.385. The van der Waals surface area contributed by atoms with Crippen molar-refractivity contribution < 1.29 is 14.7 Å². The lowest BCUT2D eigenvalue weighted by molar-refractivity contribution is -0.145. The Morgan fingerprint density at radius 1 is 1.29 bits per heavy atom. The predicted molar refractivity (Wildman–Crippen MR) is 60.1 cm³/mol. The Bertz CT molecular complexity index is 479. The SMILES string of the molecule is O=C(O)[C@@H]1[C@@H](c2ccccc2)NC(=O)C12CC2. The molecule has 2 atom stereocenters. The quantitative estimate of drug-likeness (QED) is 0.807. The van der Waals surface area contributed by atoms with E-state index in [1.54, 1.807) is 0 Å². The molecule has 1 amide bonds. The van der Waals surface area contributed by atoms with Gasteiger partial charge in [0.2, 0.25) is 5.91 Å². The maximum absolute atomic E-state index is 11.9. The summed E-state index contributed by atoms with van der Waals surface area (Å²) in [7, 11) is 0. The van der Waals surface area contributed by atoms with Gasteiger partial charge in [-0.15, -0.1) is 0 Å². The van der Waals surface area contributed by atoms with Crippen molar-refractivity contribution in [3.05, 3.63) is 35.9 Å². The van der Waals surface area contributed by atoms with E-state index < -0.39 is 17.3 Å². The monoisotopic (exact) mass is 231 g/mol. The third-order valence-corrected chi connectivity index (χ3v) is 3.88. The summed E-state index contributed by atoms with van der Waals surface area (Å²) in [5.74, 6) is -1.61. The fourth-order valence-electron chi connectivity index (χ4n) is 2.82. The zero-order valence-corrected chi connectivity index (χ0v) is 9.22. The minimum atomic E-state index is -0.880. The molecule has 0 unspecified atom stereocenters. The smallest absolute Gasteiger partial charge is 0.310 e. The summed E-state index contributed by atoms with van der Waals surface area (Å²) in [4.78, 5) is 23.3. The molecular weight excluding hydrogens is 218 g/mol. The van der Waals surface area contributed by atoms with Gasteiger partial charge >= 0.3 is 5.97 Å². The van der Waals surface area contributed by atoms with Crippen molar-refractivity contribution in [3.63, 3.8) is 0 Å². The van der Waals surface area contributed by atoms with Gasteiger partial charge in [0.15, 0.2) is 0 Å². The molecule has 1 aromatic rings. The van der Waals surface area contributed by atoms with Crippen molar-refractivity contribution in [2.45, 2.75) is 18.9 Å². The normalized spacial score (nSPS) is 29.1. The van der Waals surface area contributed by atoms with Crippen LogP contribution in [0, 0.1) is 11.3 Å². The Morgan fingerprint density at radius 2 is 1.94 bits per heavy atom. The standard InChI is InChI=1S/C13H13NO3/c15-11(16)9-10(8-4-2-1-3-5-8)14-12(17)13(9)6-7-13/h1-5,9-10H,6-7H2,(H,14,17)(H,15,16)/t9-,10+/m0/s1. The molecule has 0 aromatic heterocycles. The number of amides is 1. The van der Waals surface area contributed by atoms with Crippen molar-refractivity contribution in [2.75, 3.05) is 0 Å². The Kier molecular flexibility index (Phi) is 2.02. The Labute approximate surface area is 98.6 Å². The van der Waals surface area contributed by atoms with Crippen LogP contribution in [0.1, 0.15) is 24.4 Å². The Morgan fingerprint density at radius 3 is 2.47 bits per heavy atom. The number of carbonyl (C=O) groups excluding carboxylic acids is 1. The molecule has 17 heavy (non-hydrogen) atoms. The third kappa shape index (κ3) is 1.37. The summed E-state index contributed by atoms with van der Waals surface area (Å²) in [5.41, 5.74) is 0.240. The predicted octanol–water partition coefficient (Wildman–Crippen LogP) is 1.34. The van der Waals surface area contributed by atoms with Gasteiger partial charge in [-0.3, -0.25) is 9.59 Å². The maximum Gasteiger partial charge on any atom is 0.310 e. The first-order chi connectivity index (χ1) is 8.15. The van der Waals surface area contributed by atoms with E-state index in [0.717, 1.165) is 5.56 Å². The van der Waals surface area contributed by atoms with Gasteiger partial charge in [0.25, 0.3) is 0 Å². The molecule has 4 heteroatoms. The van der Waals surface area contributed by atoms with Crippen molar-refractivity contribution >= 4 is 11.9 Å². The first kappa shape index (κ1) is 10.3. The average Bonchev–Trinajstić information content (AvgIpc) is 3.04. The molecule has 2 aliphatic rings. The van der Waals surface area contributed by atoms with E-state index in [1.807, 2.05) is 30.3 Å². The van der Waals surface area contributed by atoms with E-state index in [1.165, 1.54) is 0 Å². The highest BCUT2D eigenvalue weighted by atomic mass is 16.4. The van der Waals surface area contributed by atoms with Crippen LogP contribution in [0.2, 0.25) is 0 Å². The van der Waals surface area contributed by atoms with E-state index in [-0.39, 0.29) is 11.9 Å². The fourth-order valence-corrected chi connectivity index (χ4v) is 2.82. The summed E-state index contributed by atoms with van der Waals surface area (Å²) in [6, 6.07) is 8.94. The largest absolute Gasteiger partial charge is 0.481 e. The lowest BCUT2D eigenvalue weighted by Gasteiger charge is -2.18. The van der Waals surface area contributed by atoms with Crippen molar-refractivity contribution in [2.24, 2.45) is 11.3 Å². The molecule has 1 saturated heterocycles. The van der Waals surface area contributed by atoms with Crippen LogP contribution in [-0.4, -0.2) is 17.0 Å². The maximum atomic E-state index is 11.9. The minimum absolute atomic E-state index is 0.0984. The molecule has 1 heterocycles. The lowest BCUT2D eigenvalue weighted by atomic mass is 9.84. The first-order valence-electron chi connectivity index (χ1n) is 5.74.